The highest BCUT2D eigenvalue weighted by molar-refractivity contribution is 5.24. The van der Waals surface area contributed by atoms with Gasteiger partial charge in [0.1, 0.15) is 17.5 Å². The number of aromatic nitrogens is 2. The van der Waals surface area contributed by atoms with Gasteiger partial charge in [0.05, 0.1) is 11.3 Å². The number of fused-ring (bicyclic) bond motifs is 1. The van der Waals surface area contributed by atoms with E-state index in [0.717, 1.165) is 17.8 Å². The van der Waals surface area contributed by atoms with Crippen LogP contribution in [0.1, 0.15) is 43.4 Å². The van der Waals surface area contributed by atoms with Gasteiger partial charge in [-0.05, 0) is 18.2 Å². The minimum Gasteiger partial charge on any atom is -0.310 e. The van der Waals surface area contributed by atoms with Crippen LogP contribution in [0.5, 0.6) is 0 Å². The molecule has 4 nitrogen and oxygen atoms in total. The van der Waals surface area contributed by atoms with Crippen LogP contribution in [-0.4, -0.2) is 21.4 Å². The summed E-state index contributed by atoms with van der Waals surface area (Å²) in [5, 5.41) is 0. The molecule has 0 atom stereocenters. The Kier molecular flexibility index (Phi) is 4.25. The van der Waals surface area contributed by atoms with Gasteiger partial charge in [0, 0.05) is 37.0 Å². The van der Waals surface area contributed by atoms with E-state index in [9.17, 15) is 13.6 Å². The van der Waals surface area contributed by atoms with Gasteiger partial charge >= 0.3 is 0 Å². The third-order valence-corrected chi connectivity index (χ3v) is 4.26. The smallest absolute Gasteiger partial charge is 0.255 e. The maximum atomic E-state index is 13.8. The highest BCUT2D eigenvalue weighted by Gasteiger charge is 2.25. The first-order valence-electron chi connectivity index (χ1n) is 8.03. The number of nitrogens with one attached hydrogen (secondary N) is 1. The van der Waals surface area contributed by atoms with Crippen molar-refractivity contribution in [3.05, 3.63) is 62.8 Å². The fourth-order valence-electron chi connectivity index (χ4n) is 2.88. The summed E-state index contributed by atoms with van der Waals surface area (Å²) < 4.78 is 27.1. The van der Waals surface area contributed by atoms with Crippen molar-refractivity contribution in [3.8, 4) is 0 Å². The van der Waals surface area contributed by atoms with Crippen LogP contribution in [0.15, 0.2) is 23.0 Å². The first kappa shape index (κ1) is 16.8. The first-order valence-corrected chi connectivity index (χ1v) is 8.03. The zero-order valence-corrected chi connectivity index (χ0v) is 14.1. The number of halogens is 2. The average molecular weight is 333 g/mol. The summed E-state index contributed by atoms with van der Waals surface area (Å²) in [6, 6.07) is 3.44. The zero-order valence-electron chi connectivity index (χ0n) is 14.1. The van der Waals surface area contributed by atoms with Crippen molar-refractivity contribution in [3.63, 3.8) is 0 Å². The number of hydrogen-bond acceptors (Lipinski definition) is 3. The molecule has 0 radical (unpaired) electrons. The molecular weight excluding hydrogens is 312 g/mol. The standard InChI is InChI=1S/C18H21F2N3O/c1-18(2,3)17-21-15-6-7-23(10-13(15)16(24)22-17)9-11-8-12(19)4-5-14(11)20/h4-5,8H,6-7,9-10H2,1-3H3,(H,21,22,24). The Bertz CT molecular complexity index is 824. The molecule has 1 aromatic heterocycles. The van der Waals surface area contributed by atoms with E-state index in [2.05, 4.69) is 9.97 Å². The van der Waals surface area contributed by atoms with Crippen molar-refractivity contribution in [1.29, 1.82) is 0 Å². The van der Waals surface area contributed by atoms with E-state index in [0.29, 0.717) is 36.5 Å². The molecule has 0 aliphatic carbocycles. The molecule has 0 amide bonds. The van der Waals surface area contributed by atoms with Crippen molar-refractivity contribution >= 4 is 0 Å². The molecule has 1 N–H and O–H groups in total. The molecule has 1 aliphatic rings. The van der Waals surface area contributed by atoms with E-state index < -0.39 is 11.6 Å². The first-order chi connectivity index (χ1) is 11.2. The number of aromatic amines is 1. The number of H-pyrrole nitrogens is 1. The lowest BCUT2D eigenvalue weighted by Gasteiger charge is -2.29. The normalized spacial score (nSPS) is 15.4. The number of rotatable bonds is 2. The monoisotopic (exact) mass is 333 g/mol. The topological polar surface area (TPSA) is 49.0 Å². The quantitative estimate of drug-likeness (QED) is 0.919. The summed E-state index contributed by atoms with van der Waals surface area (Å²) >= 11 is 0. The third-order valence-electron chi connectivity index (χ3n) is 4.26. The molecule has 0 fully saturated rings. The Morgan fingerprint density at radius 2 is 2.04 bits per heavy atom. The van der Waals surface area contributed by atoms with Gasteiger partial charge in [-0.25, -0.2) is 13.8 Å². The van der Waals surface area contributed by atoms with E-state index in [4.69, 9.17) is 0 Å². The van der Waals surface area contributed by atoms with Gasteiger partial charge in [0.15, 0.2) is 0 Å². The summed E-state index contributed by atoms with van der Waals surface area (Å²) in [6.07, 6.45) is 0.624. The van der Waals surface area contributed by atoms with Gasteiger partial charge in [-0.15, -0.1) is 0 Å². The fourth-order valence-corrected chi connectivity index (χ4v) is 2.88. The Morgan fingerprint density at radius 3 is 2.75 bits per heavy atom. The highest BCUT2D eigenvalue weighted by atomic mass is 19.1. The molecule has 24 heavy (non-hydrogen) atoms. The molecule has 0 saturated heterocycles. The van der Waals surface area contributed by atoms with Crippen molar-refractivity contribution in [2.24, 2.45) is 0 Å². The summed E-state index contributed by atoms with van der Waals surface area (Å²) in [5.41, 5.74) is 1.35. The average Bonchev–Trinajstić information content (AvgIpc) is 2.50. The summed E-state index contributed by atoms with van der Waals surface area (Å²) in [5.74, 6) is -0.216. The van der Waals surface area contributed by atoms with Crippen LogP contribution in [0.3, 0.4) is 0 Å². The van der Waals surface area contributed by atoms with Crippen LogP contribution < -0.4 is 5.56 Å². The molecule has 1 aromatic carbocycles. The minimum absolute atomic E-state index is 0.144. The molecule has 0 unspecified atom stereocenters. The van der Waals surface area contributed by atoms with Crippen molar-refractivity contribution in [1.82, 2.24) is 14.9 Å². The lowest BCUT2D eigenvalue weighted by molar-refractivity contribution is 0.237. The Morgan fingerprint density at radius 1 is 1.29 bits per heavy atom. The van der Waals surface area contributed by atoms with Crippen LogP contribution in [0.25, 0.3) is 0 Å². The van der Waals surface area contributed by atoms with E-state index >= 15 is 0 Å². The largest absolute Gasteiger partial charge is 0.310 e. The summed E-state index contributed by atoms with van der Waals surface area (Å²) in [6.45, 7) is 7.31. The third kappa shape index (κ3) is 3.38. The van der Waals surface area contributed by atoms with Crippen molar-refractivity contribution < 1.29 is 8.78 Å². The van der Waals surface area contributed by atoms with Gasteiger partial charge in [0.25, 0.3) is 5.56 Å². The molecule has 1 aliphatic heterocycles. The minimum atomic E-state index is -0.460. The molecule has 0 spiro atoms. The molecular formula is C18H21F2N3O. The van der Waals surface area contributed by atoms with Gasteiger partial charge in [0.2, 0.25) is 0 Å². The van der Waals surface area contributed by atoms with Crippen molar-refractivity contribution in [2.75, 3.05) is 6.54 Å². The van der Waals surface area contributed by atoms with Crippen LogP contribution >= 0.6 is 0 Å². The molecule has 6 heteroatoms. The summed E-state index contributed by atoms with van der Waals surface area (Å²) in [4.78, 5) is 21.8. The lowest BCUT2D eigenvalue weighted by atomic mass is 9.95. The van der Waals surface area contributed by atoms with Crippen LogP contribution in [0.4, 0.5) is 8.78 Å². The molecule has 3 rings (SSSR count). The number of hydrogen-bond donors (Lipinski definition) is 1. The zero-order chi connectivity index (χ0) is 17.5. The van der Waals surface area contributed by atoms with Crippen LogP contribution in [-0.2, 0) is 24.9 Å². The summed E-state index contributed by atoms with van der Waals surface area (Å²) in [7, 11) is 0. The Labute approximate surface area is 139 Å². The SMILES string of the molecule is CC(C)(C)c1nc2c(c(=O)[nH]1)CN(Cc1cc(F)ccc1F)CC2. The predicted octanol–water partition coefficient (Wildman–Crippen LogP) is 2.90. The number of nitrogens with zero attached hydrogens (tertiary/aromatic N) is 2. The fraction of sp³-hybridized carbons (Fsp3) is 0.444. The predicted molar refractivity (Wildman–Crippen MR) is 87.7 cm³/mol. The van der Waals surface area contributed by atoms with Gasteiger partial charge in [-0.1, -0.05) is 20.8 Å². The van der Waals surface area contributed by atoms with Crippen LogP contribution in [0, 0.1) is 11.6 Å². The molecule has 128 valence electrons. The van der Waals surface area contributed by atoms with E-state index in [1.54, 1.807) is 0 Å². The van der Waals surface area contributed by atoms with E-state index in [1.165, 1.54) is 6.07 Å². The molecule has 2 heterocycles. The van der Waals surface area contributed by atoms with Crippen molar-refractivity contribution in [2.45, 2.75) is 45.7 Å². The second-order valence-corrected chi connectivity index (χ2v) is 7.29. The van der Waals surface area contributed by atoms with Gasteiger partial charge in [-0.2, -0.15) is 0 Å². The van der Waals surface area contributed by atoms with Gasteiger partial charge < -0.3 is 4.98 Å². The maximum absolute atomic E-state index is 13.8. The maximum Gasteiger partial charge on any atom is 0.255 e. The molecule has 0 bridgehead atoms. The van der Waals surface area contributed by atoms with E-state index in [1.807, 2.05) is 25.7 Å². The Balaban J connectivity index is 1.85. The second kappa shape index (κ2) is 6.09. The van der Waals surface area contributed by atoms with Crippen LogP contribution in [0.2, 0.25) is 0 Å². The van der Waals surface area contributed by atoms with Gasteiger partial charge in [-0.3, -0.25) is 9.69 Å². The van der Waals surface area contributed by atoms with E-state index in [-0.39, 0.29) is 17.5 Å². The molecule has 0 saturated carbocycles. The molecule has 2 aromatic rings. The Hall–Kier alpha value is -2.08. The highest BCUT2D eigenvalue weighted by Crippen LogP contribution is 2.22. The second-order valence-electron chi connectivity index (χ2n) is 7.29. The number of benzene rings is 1. The lowest BCUT2D eigenvalue weighted by Crippen LogP contribution is -2.37.